The Balaban J connectivity index is 1.80. The topological polar surface area (TPSA) is 71.2 Å². The van der Waals surface area contributed by atoms with E-state index < -0.39 is 23.5 Å². The average molecular weight is 473 g/mol. The zero-order valence-electron chi connectivity index (χ0n) is 17.7. The Morgan fingerprint density at radius 2 is 1.58 bits per heavy atom. The van der Waals surface area contributed by atoms with E-state index in [1.54, 1.807) is 19.1 Å². The van der Waals surface area contributed by atoms with Crippen molar-refractivity contribution in [1.29, 1.82) is 0 Å². The van der Waals surface area contributed by atoms with Crippen LogP contribution in [-0.4, -0.2) is 27.7 Å². The minimum Gasteiger partial charge on any atom is -0.421 e. The summed E-state index contributed by atoms with van der Waals surface area (Å²) in [7, 11) is 0. The van der Waals surface area contributed by atoms with E-state index in [2.05, 4.69) is 15.5 Å². The minimum atomic E-state index is -5.92. The summed E-state index contributed by atoms with van der Waals surface area (Å²) in [5.41, 5.74) is -3.38. The number of hydrogen-bond donors (Lipinski definition) is 2. The van der Waals surface area contributed by atoms with Gasteiger partial charge in [0.2, 0.25) is 11.8 Å². The van der Waals surface area contributed by atoms with Gasteiger partial charge in [0.25, 0.3) is 5.60 Å². The number of aliphatic hydroxyl groups is 1. The SMILES string of the molecule is CCCc1cc(-c2nnc(C)o2)ccc1NCc1ccc(C(O)(C(F)(F)F)C(F)(F)F)cc1. The number of alkyl halides is 6. The van der Waals surface area contributed by atoms with Crippen LogP contribution < -0.4 is 5.32 Å². The van der Waals surface area contributed by atoms with Crippen molar-refractivity contribution in [2.75, 3.05) is 5.32 Å². The van der Waals surface area contributed by atoms with Crippen LogP contribution in [0.15, 0.2) is 46.9 Å². The maximum absolute atomic E-state index is 13.0. The summed E-state index contributed by atoms with van der Waals surface area (Å²) in [5.74, 6) is 0.796. The summed E-state index contributed by atoms with van der Waals surface area (Å²) in [6.07, 6.45) is -10.3. The van der Waals surface area contributed by atoms with Crippen LogP contribution >= 0.6 is 0 Å². The number of nitrogens with zero attached hydrogens (tertiary/aromatic N) is 2. The van der Waals surface area contributed by atoms with Gasteiger partial charge in [0.15, 0.2) is 0 Å². The highest BCUT2D eigenvalue weighted by Crippen LogP contribution is 2.49. The zero-order chi connectivity index (χ0) is 24.4. The highest BCUT2D eigenvalue weighted by Gasteiger charge is 2.71. The van der Waals surface area contributed by atoms with Crippen LogP contribution in [0.25, 0.3) is 11.5 Å². The molecule has 0 aliphatic carbocycles. The summed E-state index contributed by atoms with van der Waals surface area (Å²) in [5, 5.41) is 20.4. The molecule has 3 rings (SSSR count). The molecular weight excluding hydrogens is 452 g/mol. The molecule has 11 heteroatoms. The first kappa shape index (κ1) is 24.6. The molecule has 0 fully saturated rings. The predicted octanol–water partition coefficient (Wildman–Crippen LogP) is 5.92. The van der Waals surface area contributed by atoms with Gasteiger partial charge in [-0.3, -0.25) is 0 Å². The molecule has 178 valence electrons. The molecule has 0 saturated carbocycles. The molecule has 3 aromatic rings. The lowest BCUT2D eigenvalue weighted by Crippen LogP contribution is -2.53. The predicted molar refractivity (Wildman–Crippen MR) is 108 cm³/mol. The van der Waals surface area contributed by atoms with Crippen molar-refractivity contribution in [3.05, 3.63) is 65.0 Å². The second-order valence-electron chi connectivity index (χ2n) is 7.50. The van der Waals surface area contributed by atoms with E-state index in [1.807, 2.05) is 13.0 Å². The Morgan fingerprint density at radius 1 is 0.939 bits per heavy atom. The van der Waals surface area contributed by atoms with Crippen molar-refractivity contribution in [1.82, 2.24) is 10.2 Å². The lowest BCUT2D eigenvalue weighted by Gasteiger charge is -2.32. The van der Waals surface area contributed by atoms with E-state index >= 15 is 0 Å². The van der Waals surface area contributed by atoms with Crippen molar-refractivity contribution < 1.29 is 35.9 Å². The third-order valence-corrected chi connectivity index (χ3v) is 5.07. The third-order valence-electron chi connectivity index (χ3n) is 5.07. The molecule has 0 saturated heterocycles. The number of benzene rings is 2. The molecule has 1 aromatic heterocycles. The Hall–Kier alpha value is -3.08. The molecule has 0 aliphatic rings. The summed E-state index contributed by atoms with van der Waals surface area (Å²) >= 11 is 0. The zero-order valence-corrected chi connectivity index (χ0v) is 17.7. The number of nitrogens with one attached hydrogen (secondary N) is 1. The van der Waals surface area contributed by atoms with Crippen molar-refractivity contribution >= 4 is 5.69 Å². The summed E-state index contributed by atoms with van der Waals surface area (Å²) in [6, 6.07) is 8.93. The van der Waals surface area contributed by atoms with Gasteiger partial charge in [0.05, 0.1) is 0 Å². The van der Waals surface area contributed by atoms with E-state index in [0.717, 1.165) is 35.4 Å². The number of hydrogen-bond acceptors (Lipinski definition) is 5. The normalized spacial score (nSPS) is 12.8. The Bertz CT molecular complexity index is 1080. The number of anilines is 1. The highest BCUT2D eigenvalue weighted by molar-refractivity contribution is 5.63. The van der Waals surface area contributed by atoms with E-state index in [0.29, 0.717) is 35.9 Å². The Morgan fingerprint density at radius 3 is 2.09 bits per heavy atom. The van der Waals surface area contributed by atoms with E-state index in [1.165, 1.54) is 0 Å². The standard InChI is InChI=1S/C22H21F6N3O2/c1-3-4-15-11-16(19-31-30-13(2)33-19)7-10-18(15)29-12-14-5-8-17(9-6-14)20(32,21(23,24)25)22(26,27)28/h5-11,29,32H,3-4,12H2,1-2H3. The molecule has 2 aromatic carbocycles. The number of aryl methyl sites for hydroxylation is 2. The molecule has 0 spiro atoms. The third kappa shape index (κ3) is 4.97. The molecule has 0 unspecified atom stereocenters. The van der Waals surface area contributed by atoms with Gasteiger partial charge in [-0.1, -0.05) is 37.6 Å². The maximum Gasteiger partial charge on any atom is 0.430 e. The molecule has 0 aliphatic heterocycles. The second kappa shape index (κ2) is 9.05. The van der Waals surface area contributed by atoms with Crippen molar-refractivity contribution in [2.45, 2.75) is 51.2 Å². The smallest absolute Gasteiger partial charge is 0.421 e. The fourth-order valence-electron chi connectivity index (χ4n) is 3.34. The molecule has 0 amide bonds. The fraction of sp³-hybridized carbons (Fsp3) is 0.364. The fourth-order valence-corrected chi connectivity index (χ4v) is 3.34. The van der Waals surface area contributed by atoms with Crippen LogP contribution in [0.3, 0.4) is 0 Å². The number of halogens is 6. The van der Waals surface area contributed by atoms with Gasteiger partial charge in [0, 0.05) is 30.3 Å². The molecule has 2 N–H and O–H groups in total. The average Bonchev–Trinajstić information content (AvgIpc) is 3.17. The molecule has 1 heterocycles. The highest BCUT2D eigenvalue weighted by atomic mass is 19.4. The van der Waals surface area contributed by atoms with Crippen molar-refractivity contribution in [3.8, 4) is 11.5 Å². The molecule has 0 radical (unpaired) electrons. The molecular formula is C22H21F6N3O2. The second-order valence-corrected chi connectivity index (χ2v) is 7.50. The van der Waals surface area contributed by atoms with E-state index in [9.17, 15) is 31.4 Å². The van der Waals surface area contributed by atoms with Gasteiger partial charge in [-0.15, -0.1) is 10.2 Å². The quantitative estimate of drug-likeness (QED) is 0.417. The minimum absolute atomic E-state index is 0.145. The van der Waals surface area contributed by atoms with Gasteiger partial charge in [-0.25, -0.2) is 0 Å². The van der Waals surface area contributed by atoms with Crippen LogP contribution in [0.4, 0.5) is 32.0 Å². The number of rotatable bonds is 7. The molecule has 33 heavy (non-hydrogen) atoms. The largest absolute Gasteiger partial charge is 0.430 e. The van der Waals surface area contributed by atoms with Gasteiger partial charge in [0.1, 0.15) is 0 Å². The summed E-state index contributed by atoms with van der Waals surface area (Å²) < 4.78 is 83.6. The van der Waals surface area contributed by atoms with Crippen LogP contribution in [0, 0.1) is 6.92 Å². The summed E-state index contributed by atoms with van der Waals surface area (Å²) in [6.45, 7) is 3.82. The van der Waals surface area contributed by atoms with Gasteiger partial charge in [-0.2, -0.15) is 26.3 Å². The van der Waals surface area contributed by atoms with Crippen molar-refractivity contribution in [2.24, 2.45) is 0 Å². The van der Waals surface area contributed by atoms with Crippen LogP contribution in [-0.2, 0) is 18.6 Å². The van der Waals surface area contributed by atoms with Gasteiger partial charge in [-0.05, 0) is 35.7 Å². The van der Waals surface area contributed by atoms with Crippen molar-refractivity contribution in [3.63, 3.8) is 0 Å². The van der Waals surface area contributed by atoms with E-state index in [-0.39, 0.29) is 6.54 Å². The van der Waals surface area contributed by atoms with Crippen LogP contribution in [0.1, 0.15) is 35.9 Å². The van der Waals surface area contributed by atoms with E-state index in [4.69, 9.17) is 4.42 Å². The van der Waals surface area contributed by atoms with Crippen LogP contribution in [0.5, 0.6) is 0 Å². The monoisotopic (exact) mass is 473 g/mol. The molecule has 0 bridgehead atoms. The van der Waals surface area contributed by atoms with Gasteiger partial charge < -0.3 is 14.8 Å². The summed E-state index contributed by atoms with van der Waals surface area (Å²) in [4.78, 5) is 0. The van der Waals surface area contributed by atoms with Gasteiger partial charge >= 0.3 is 12.4 Å². The maximum atomic E-state index is 13.0. The first-order valence-electron chi connectivity index (χ1n) is 9.99. The first-order valence-corrected chi connectivity index (χ1v) is 9.99. The Kier molecular flexibility index (Phi) is 6.73. The Labute approximate surface area is 185 Å². The molecule has 0 atom stereocenters. The first-order chi connectivity index (χ1) is 15.4. The number of aromatic nitrogens is 2. The van der Waals surface area contributed by atoms with Crippen LogP contribution in [0.2, 0.25) is 0 Å². The lowest BCUT2D eigenvalue weighted by atomic mass is 9.91. The molecule has 5 nitrogen and oxygen atoms in total. The lowest BCUT2D eigenvalue weighted by molar-refractivity contribution is -0.376.